The third-order valence-electron chi connectivity index (χ3n) is 0.979. The molecule has 0 saturated heterocycles. The van der Waals surface area contributed by atoms with Gasteiger partial charge in [0, 0.05) is 0 Å². The number of halogens is 1. The normalized spacial score (nSPS) is 7.50. The summed E-state index contributed by atoms with van der Waals surface area (Å²) in [5, 5.41) is 0. The van der Waals surface area contributed by atoms with Gasteiger partial charge in [0.05, 0.1) is 14.3 Å². The van der Waals surface area contributed by atoms with Crippen molar-refractivity contribution in [3.05, 3.63) is 30.3 Å². The predicted octanol–water partition coefficient (Wildman–Crippen LogP) is 2.28. The summed E-state index contributed by atoms with van der Waals surface area (Å²) in [6.45, 7) is 0. The topological polar surface area (TPSA) is 9.23 Å². The van der Waals surface area contributed by atoms with Crippen molar-refractivity contribution < 1.29 is 9.13 Å². The fraction of sp³-hybridized carbons (Fsp3) is 0.250. The van der Waals surface area contributed by atoms with Crippen molar-refractivity contribution >= 4 is 0 Å². The van der Waals surface area contributed by atoms with Gasteiger partial charge in [-0.05, 0) is 12.1 Å². The van der Waals surface area contributed by atoms with Gasteiger partial charge in [0.25, 0.3) is 0 Å². The molecule has 1 nitrogen and oxygen atoms in total. The van der Waals surface area contributed by atoms with Gasteiger partial charge in [0.2, 0.25) is 0 Å². The molecule has 0 aliphatic carbocycles. The van der Waals surface area contributed by atoms with Crippen molar-refractivity contribution in [2.75, 3.05) is 14.3 Å². The Balaban J connectivity index is 0.000000371. The number of hydrogen-bond donors (Lipinski definition) is 0. The highest BCUT2D eigenvalue weighted by Crippen LogP contribution is 2.05. The van der Waals surface area contributed by atoms with Crippen molar-refractivity contribution in [1.29, 1.82) is 0 Å². The number of para-hydroxylation sites is 1. The Morgan fingerprint density at radius 2 is 1.60 bits per heavy atom. The highest BCUT2D eigenvalue weighted by molar-refractivity contribution is 5.20. The molecule has 56 valence electrons. The zero-order chi connectivity index (χ0) is 7.82. The van der Waals surface area contributed by atoms with Gasteiger partial charge in [-0.2, -0.15) is 0 Å². The number of benzene rings is 1. The van der Waals surface area contributed by atoms with E-state index in [1.165, 1.54) is 0 Å². The lowest BCUT2D eigenvalue weighted by atomic mass is 10.3. The number of rotatable bonds is 1. The molecule has 0 bridgehead atoms. The second-order valence-corrected chi connectivity index (χ2v) is 1.52. The average Bonchev–Trinajstić information content (AvgIpc) is 2.10. The van der Waals surface area contributed by atoms with Gasteiger partial charge >= 0.3 is 0 Å². The summed E-state index contributed by atoms with van der Waals surface area (Å²) in [5.41, 5.74) is 0. The Kier molecular flexibility index (Phi) is 5.44. The zero-order valence-corrected chi connectivity index (χ0v) is 6.17. The zero-order valence-electron chi connectivity index (χ0n) is 6.17. The molecule has 0 unspecified atom stereocenters. The van der Waals surface area contributed by atoms with Crippen molar-refractivity contribution in [1.82, 2.24) is 0 Å². The van der Waals surface area contributed by atoms with Crippen LogP contribution in [0.3, 0.4) is 0 Å². The largest absolute Gasteiger partial charge is 0.497 e. The summed E-state index contributed by atoms with van der Waals surface area (Å²) in [7, 11) is 2.16. The third-order valence-corrected chi connectivity index (χ3v) is 0.979. The van der Waals surface area contributed by atoms with E-state index < -0.39 is 0 Å². The molecule has 0 heterocycles. The summed E-state index contributed by atoms with van der Waals surface area (Å²) < 4.78 is 14.4. The molecule has 0 fully saturated rings. The van der Waals surface area contributed by atoms with E-state index in [-0.39, 0.29) is 0 Å². The van der Waals surface area contributed by atoms with Gasteiger partial charge in [-0.25, -0.2) is 0 Å². The molecule has 0 radical (unpaired) electrons. The van der Waals surface area contributed by atoms with E-state index in [2.05, 4.69) is 0 Å². The van der Waals surface area contributed by atoms with Crippen molar-refractivity contribution in [2.45, 2.75) is 0 Å². The fourth-order valence-electron chi connectivity index (χ4n) is 0.557. The summed E-state index contributed by atoms with van der Waals surface area (Å²) in [5.74, 6) is 0.910. The Hall–Kier alpha value is -1.05. The van der Waals surface area contributed by atoms with Crippen LogP contribution in [-0.4, -0.2) is 14.3 Å². The summed E-state index contributed by atoms with van der Waals surface area (Å²) in [6.07, 6.45) is 0. The van der Waals surface area contributed by atoms with Crippen LogP contribution in [0.1, 0.15) is 0 Å². The maximum atomic E-state index is 9.50. The van der Waals surface area contributed by atoms with Gasteiger partial charge < -0.3 is 4.74 Å². The Labute approximate surface area is 60.4 Å². The SMILES string of the molecule is CF.COc1ccccc1. The van der Waals surface area contributed by atoms with Crippen LogP contribution in [0.15, 0.2) is 30.3 Å². The van der Waals surface area contributed by atoms with Crippen LogP contribution in [0.2, 0.25) is 0 Å². The first-order chi connectivity index (χ1) is 4.93. The minimum atomic E-state index is 0.500. The van der Waals surface area contributed by atoms with Crippen LogP contribution < -0.4 is 4.74 Å². The molecule has 10 heavy (non-hydrogen) atoms. The van der Waals surface area contributed by atoms with Gasteiger partial charge in [-0.3, -0.25) is 4.39 Å². The van der Waals surface area contributed by atoms with E-state index in [0.29, 0.717) is 7.18 Å². The Bertz CT molecular complexity index is 151. The monoisotopic (exact) mass is 142 g/mol. The molecule has 0 atom stereocenters. The first kappa shape index (κ1) is 8.95. The quantitative estimate of drug-likeness (QED) is 0.584. The summed E-state index contributed by atoms with van der Waals surface area (Å²) in [4.78, 5) is 0. The second-order valence-electron chi connectivity index (χ2n) is 1.52. The second kappa shape index (κ2) is 6.08. The lowest BCUT2D eigenvalue weighted by Crippen LogP contribution is -1.78. The minimum Gasteiger partial charge on any atom is -0.497 e. The van der Waals surface area contributed by atoms with Crippen molar-refractivity contribution in [3.8, 4) is 5.75 Å². The van der Waals surface area contributed by atoms with Crippen molar-refractivity contribution in [2.24, 2.45) is 0 Å². The first-order valence-corrected chi connectivity index (χ1v) is 2.90. The highest BCUT2D eigenvalue weighted by atomic mass is 19.1. The molecule has 1 aromatic carbocycles. The minimum absolute atomic E-state index is 0.500. The number of alkyl halides is 1. The molecule has 0 aliphatic heterocycles. The number of hydrogen-bond acceptors (Lipinski definition) is 1. The Morgan fingerprint density at radius 3 is 1.90 bits per heavy atom. The van der Waals surface area contributed by atoms with Crippen LogP contribution in [0.25, 0.3) is 0 Å². The maximum Gasteiger partial charge on any atom is 0.118 e. The molecule has 0 aliphatic rings. The molecule has 0 saturated carbocycles. The van der Waals surface area contributed by atoms with Gasteiger partial charge in [0.1, 0.15) is 5.75 Å². The first-order valence-electron chi connectivity index (χ1n) is 2.90. The van der Waals surface area contributed by atoms with Crippen LogP contribution in [0.5, 0.6) is 5.75 Å². The van der Waals surface area contributed by atoms with Crippen molar-refractivity contribution in [3.63, 3.8) is 0 Å². The van der Waals surface area contributed by atoms with Gasteiger partial charge in [-0.15, -0.1) is 0 Å². The molecular formula is C8H11FO. The predicted molar refractivity (Wildman–Crippen MR) is 40.0 cm³/mol. The summed E-state index contributed by atoms with van der Waals surface area (Å²) in [6, 6.07) is 9.68. The van der Waals surface area contributed by atoms with E-state index >= 15 is 0 Å². The van der Waals surface area contributed by atoms with Crippen LogP contribution in [-0.2, 0) is 0 Å². The van der Waals surface area contributed by atoms with E-state index in [1.807, 2.05) is 30.3 Å². The molecule has 1 rings (SSSR count). The standard InChI is InChI=1S/C7H8O.CH3F/c1-8-7-5-3-2-4-6-7;1-2/h2-6H,1H3;1H3. The van der Waals surface area contributed by atoms with E-state index in [9.17, 15) is 4.39 Å². The highest BCUT2D eigenvalue weighted by Gasteiger charge is 1.80. The Morgan fingerprint density at radius 1 is 1.10 bits per heavy atom. The lowest BCUT2D eigenvalue weighted by Gasteiger charge is -1.93. The average molecular weight is 142 g/mol. The van der Waals surface area contributed by atoms with Gasteiger partial charge in [-0.1, -0.05) is 18.2 Å². The van der Waals surface area contributed by atoms with Gasteiger partial charge in [0.15, 0.2) is 0 Å². The molecule has 0 spiro atoms. The van der Waals surface area contributed by atoms with Crippen LogP contribution >= 0.6 is 0 Å². The number of ether oxygens (including phenoxy) is 1. The lowest BCUT2D eigenvalue weighted by molar-refractivity contribution is 0.415. The van der Waals surface area contributed by atoms with E-state index in [1.54, 1.807) is 7.11 Å². The molecule has 0 aromatic heterocycles. The van der Waals surface area contributed by atoms with Crippen LogP contribution in [0, 0.1) is 0 Å². The molecular weight excluding hydrogens is 131 g/mol. The van der Waals surface area contributed by atoms with Crippen LogP contribution in [0.4, 0.5) is 4.39 Å². The summed E-state index contributed by atoms with van der Waals surface area (Å²) >= 11 is 0. The molecule has 2 heteroatoms. The number of methoxy groups -OCH3 is 1. The fourth-order valence-corrected chi connectivity index (χ4v) is 0.557. The van der Waals surface area contributed by atoms with E-state index in [0.717, 1.165) is 5.75 Å². The van der Waals surface area contributed by atoms with E-state index in [4.69, 9.17) is 4.74 Å². The molecule has 1 aromatic rings. The smallest absolute Gasteiger partial charge is 0.118 e. The molecule has 0 amide bonds. The molecule has 0 N–H and O–H groups in total. The third kappa shape index (κ3) is 3.07. The maximum absolute atomic E-state index is 9.50.